The van der Waals surface area contributed by atoms with Crippen LogP contribution in [0.25, 0.3) is 5.52 Å². The zero-order valence-corrected chi connectivity index (χ0v) is 24.3. The number of ether oxygens (including phenoxy) is 2. The van der Waals surface area contributed by atoms with Crippen molar-refractivity contribution >= 4 is 40.5 Å². The number of fused-ring (bicyclic) bond motifs is 1. The number of pyridine rings is 1. The van der Waals surface area contributed by atoms with Gasteiger partial charge in [-0.2, -0.15) is 0 Å². The van der Waals surface area contributed by atoms with Crippen LogP contribution in [0.5, 0.6) is 5.75 Å². The van der Waals surface area contributed by atoms with Crippen LogP contribution in [0.15, 0.2) is 36.5 Å². The molecule has 0 saturated carbocycles. The molecule has 2 heterocycles. The van der Waals surface area contributed by atoms with Crippen LogP contribution in [-0.4, -0.2) is 53.9 Å². The Morgan fingerprint density at radius 1 is 0.921 bits per heavy atom. The quantitative estimate of drug-likeness (QED) is 0.113. The van der Waals surface area contributed by atoms with E-state index in [1.54, 1.807) is 19.1 Å². The van der Waals surface area contributed by atoms with Gasteiger partial charge in [-0.3, -0.25) is 9.59 Å². The summed E-state index contributed by atoms with van der Waals surface area (Å²) >= 11 is 13.2. The van der Waals surface area contributed by atoms with E-state index in [1.807, 2.05) is 35.7 Å². The van der Waals surface area contributed by atoms with E-state index in [-0.39, 0.29) is 28.2 Å². The zero-order valence-electron chi connectivity index (χ0n) is 22.8. The molecule has 0 aliphatic carbocycles. The van der Waals surface area contributed by atoms with Gasteiger partial charge in [-0.1, -0.05) is 50.0 Å². The Bertz CT molecular complexity index is 1250. The summed E-state index contributed by atoms with van der Waals surface area (Å²) in [4.78, 5) is 28.7. The summed E-state index contributed by atoms with van der Waals surface area (Å²) in [7, 11) is 0. The van der Waals surface area contributed by atoms with Crippen molar-refractivity contribution in [2.24, 2.45) is 0 Å². The second-order valence-electron chi connectivity index (χ2n) is 9.21. The number of halogens is 2. The van der Waals surface area contributed by atoms with Crippen molar-refractivity contribution in [3.8, 4) is 5.75 Å². The van der Waals surface area contributed by atoms with Crippen LogP contribution in [-0.2, 0) is 22.4 Å². The number of carbonyl (C=O) groups excluding carboxylic acids is 2. The molecule has 0 atom stereocenters. The smallest absolute Gasteiger partial charge is 0.310 e. The van der Waals surface area contributed by atoms with E-state index < -0.39 is 0 Å². The van der Waals surface area contributed by atoms with Crippen molar-refractivity contribution in [2.75, 3.05) is 32.8 Å². The van der Waals surface area contributed by atoms with Gasteiger partial charge in [-0.15, -0.1) is 0 Å². The molecule has 0 fully saturated rings. The van der Waals surface area contributed by atoms with Crippen molar-refractivity contribution in [3.05, 3.63) is 69.0 Å². The predicted molar refractivity (Wildman–Crippen MR) is 154 cm³/mol. The minimum Gasteiger partial charge on any atom is -0.492 e. The van der Waals surface area contributed by atoms with E-state index in [0.29, 0.717) is 36.6 Å². The first-order valence-electron chi connectivity index (χ1n) is 13.5. The predicted octanol–water partition coefficient (Wildman–Crippen LogP) is 7.04. The third-order valence-corrected chi connectivity index (χ3v) is 7.37. The van der Waals surface area contributed by atoms with E-state index in [2.05, 4.69) is 18.7 Å². The Morgan fingerprint density at radius 3 is 2.32 bits per heavy atom. The molecule has 6 nitrogen and oxygen atoms in total. The Balaban J connectivity index is 1.86. The van der Waals surface area contributed by atoms with E-state index in [0.717, 1.165) is 55.5 Å². The van der Waals surface area contributed by atoms with Gasteiger partial charge in [0.25, 0.3) is 0 Å². The average Bonchev–Trinajstić information content (AvgIpc) is 3.22. The van der Waals surface area contributed by atoms with Crippen molar-refractivity contribution in [2.45, 2.75) is 59.8 Å². The number of benzene rings is 1. The van der Waals surface area contributed by atoms with Gasteiger partial charge in [0.15, 0.2) is 0 Å². The van der Waals surface area contributed by atoms with Crippen LogP contribution in [0.2, 0.25) is 10.0 Å². The number of hydrogen-bond acceptors (Lipinski definition) is 5. The lowest BCUT2D eigenvalue weighted by molar-refractivity contribution is -0.142. The summed E-state index contributed by atoms with van der Waals surface area (Å²) in [6.07, 6.45) is 5.60. The Kier molecular flexibility index (Phi) is 11.5. The molecule has 38 heavy (non-hydrogen) atoms. The summed E-state index contributed by atoms with van der Waals surface area (Å²) in [5.74, 6) is -0.122. The van der Waals surface area contributed by atoms with Gasteiger partial charge in [-0.25, -0.2) is 0 Å². The molecule has 0 unspecified atom stereocenters. The second kappa shape index (κ2) is 14.6. The van der Waals surface area contributed by atoms with E-state index in [9.17, 15) is 9.59 Å². The molecule has 3 rings (SSSR count). The van der Waals surface area contributed by atoms with E-state index >= 15 is 0 Å². The fourth-order valence-corrected chi connectivity index (χ4v) is 5.35. The first-order chi connectivity index (χ1) is 18.4. The number of esters is 1. The fourth-order valence-electron chi connectivity index (χ4n) is 4.89. The number of hydrogen-bond donors (Lipinski definition) is 0. The van der Waals surface area contributed by atoms with E-state index in [4.69, 9.17) is 32.7 Å². The molecule has 0 amide bonds. The van der Waals surface area contributed by atoms with Gasteiger partial charge < -0.3 is 18.8 Å². The summed E-state index contributed by atoms with van der Waals surface area (Å²) in [5, 5.41) is 0.384. The second-order valence-corrected chi connectivity index (χ2v) is 9.96. The molecule has 0 aliphatic rings. The molecule has 2 aromatic heterocycles. The Labute approximate surface area is 235 Å². The Morgan fingerprint density at radius 2 is 1.66 bits per heavy atom. The number of aromatic nitrogens is 1. The topological polar surface area (TPSA) is 60.2 Å². The molecule has 1 aromatic carbocycles. The normalized spacial score (nSPS) is 11.3. The van der Waals surface area contributed by atoms with Gasteiger partial charge in [0, 0.05) is 23.8 Å². The highest BCUT2D eigenvalue weighted by Crippen LogP contribution is 2.37. The van der Waals surface area contributed by atoms with Gasteiger partial charge >= 0.3 is 5.97 Å². The summed E-state index contributed by atoms with van der Waals surface area (Å²) < 4.78 is 12.9. The van der Waals surface area contributed by atoms with Crippen LogP contribution in [0.3, 0.4) is 0 Å². The minimum absolute atomic E-state index is 0.0903. The van der Waals surface area contributed by atoms with Crippen LogP contribution >= 0.6 is 23.2 Å². The Hall–Kier alpha value is -2.54. The number of nitrogens with zero attached hydrogens (tertiary/aromatic N) is 2. The lowest BCUT2D eigenvalue weighted by Crippen LogP contribution is -2.27. The lowest BCUT2D eigenvalue weighted by atomic mass is 9.99. The van der Waals surface area contributed by atoms with Crippen LogP contribution in [0.1, 0.15) is 74.1 Å². The SMILES string of the molecule is CCCN(CCC)CCCOc1ccc(C(=O)c2c(CC)c(CC(=O)OCC)c3ccccn23)c(Cl)c1Cl. The average molecular weight is 562 g/mol. The summed E-state index contributed by atoms with van der Waals surface area (Å²) in [6, 6.07) is 9.01. The molecule has 0 radical (unpaired) electrons. The standard InChI is InChI=1S/C30H38Cl2N2O4/c1-5-15-33(16-6-2)17-11-19-38-25-14-13-22(27(31)28(25)32)30(36)29-21(7-3)23(20-26(35)37-8-4)24-12-9-10-18-34(24)29/h9-10,12-14,18H,5-8,11,15-17,19-20H2,1-4H3. The van der Waals surface area contributed by atoms with Crippen LogP contribution in [0.4, 0.5) is 0 Å². The highest BCUT2D eigenvalue weighted by Gasteiger charge is 2.27. The number of carbonyl (C=O) groups is 2. The third-order valence-electron chi connectivity index (χ3n) is 6.50. The van der Waals surface area contributed by atoms with E-state index in [1.165, 1.54) is 0 Å². The van der Waals surface area contributed by atoms with Crippen molar-refractivity contribution < 1.29 is 19.1 Å². The first kappa shape index (κ1) is 30.0. The molecular weight excluding hydrogens is 523 g/mol. The molecule has 8 heteroatoms. The number of rotatable bonds is 15. The highest BCUT2D eigenvalue weighted by atomic mass is 35.5. The first-order valence-corrected chi connectivity index (χ1v) is 14.3. The largest absolute Gasteiger partial charge is 0.492 e. The maximum Gasteiger partial charge on any atom is 0.310 e. The third kappa shape index (κ3) is 6.90. The molecule has 0 aliphatic heterocycles. The van der Waals surface area contributed by atoms with Crippen LogP contribution < -0.4 is 4.74 Å². The molecule has 206 valence electrons. The maximum absolute atomic E-state index is 13.9. The molecule has 3 aromatic rings. The maximum atomic E-state index is 13.9. The molecule has 0 N–H and O–H groups in total. The van der Waals surface area contributed by atoms with Crippen LogP contribution in [0, 0.1) is 0 Å². The molecule has 0 saturated heterocycles. The van der Waals surface area contributed by atoms with Gasteiger partial charge in [-0.05, 0) is 81.1 Å². The van der Waals surface area contributed by atoms with Gasteiger partial charge in [0.2, 0.25) is 5.78 Å². The molecular formula is C30H38Cl2N2O4. The highest BCUT2D eigenvalue weighted by molar-refractivity contribution is 6.45. The monoisotopic (exact) mass is 560 g/mol. The van der Waals surface area contributed by atoms with Crippen molar-refractivity contribution in [1.29, 1.82) is 0 Å². The fraction of sp³-hybridized carbons (Fsp3) is 0.467. The number of ketones is 1. The molecule has 0 spiro atoms. The minimum atomic E-state index is -0.326. The summed E-state index contributed by atoms with van der Waals surface area (Å²) in [6.45, 7) is 12.0. The van der Waals surface area contributed by atoms with Crippen molar-refractivity contribution in [1.82, 2.24) is 9.30 Å². The van der Waals surface area contributed by atoms with Crippen molar-refractivity contribution in [3.63, 3.8) is 0 Å². The summed E-state index contributed by atoms with van der Waals surface area (Å²) in [5.41, 5.74) is 3.15. The zero-order chi connectivity index (χ0) is 27.7. The van der Waals surface area contributed by atoms with Gasteiger partial charge in [0.1, 0.15) is 10.8 Å². The molecule has 0 bridgehead atoms. The lowest BCUT2D eigenvalue weighted by Gasteiger charge is -2.21. The van der Waals surface area contributed by atoms with Gasteiger partial charge in [0.05, 0.1) is 30.4 Å².